The van der Waals surface area contributed by atoms with E-state index >= 15 is 0 Å². The number of nitrogens with one attached hydrogen (secondary N) is 1. The third kappa shape index (κ3) is 4.39. The molecule has 1 aliphatic rings. The Morgan fingerprint density at radius 1 is 0.929 bits per heavy atom. The van der Waals surface area contributed by atoms with Crippen molar-refractivity contribution in [3.8, 4) is 0 Å². The number of hydrogen-bond donors (Lipinski definition) is 1. The molecule has 4 nitrogen and oxygen atoms in total. The van der Waals surface area contributed by atoms with Crippen molar-refractivity contribution >= 4 is 11.7 Å². The van der Waals surface area contributed by atoms with Gasteiger partial charge in [-0.3, -0.25) is 0 Å². The van der Waals surface area contributed by atoms with Crippen LogP contribution in [-0.2, 0) is 0 Å². The molecule has 0 radical (unpaired) electrons. The Labute approximate surface area is 169 Å². The molecule has 3 rings (SSSR count). The van der Waals surface area contributed by atoms with Crippen molar-refractivity contribution in [3.63, 3.8) is 0 Å². The summed E-state index contributed by atoms with van der Waals surface area (Å²) >= 11 is 0. The molecule has 2 amide bonds. The first-order valence-corrected chi connectivity index (χ1v) is 10.3. The molecule has 0 bridgehead atoms. The van der Waals surface area contributed by atoms with Crippen LogP contribution in [0.25, 0.3) is 0 Å². The van der Waals surface area contributed by atoms with Gasteiger partial charge in [0.25, 0.3) is 0 Å². The third-order valence-corrected chi connectivity index (χ3v) is 5.63. The summed E-state index contributed by atoms with van der Waals surface area (Å²) in [7, 11) is 2.12. The van der Waals surface area contributed by atoms with Crippen LogP contribution in [0.2, 0.25) is 0 Å². The maximum Gasteiger partial charge on any atom is 0.322 e. The van der Waals surface area contributed by atoms with Crippen LogP contribution < -0.4 is 5.32 Å². The quantitative estimate of drug-likeness (QED) is 0.766. The lowest BCUT2D eigenvalue weighted by atomic mass is 9.92. The van der Waals surface area contributed by atoms with Gasteiger partial charge in [-0.05, 0) is 35.6 Å². The second-order valence-electron chi connectivity index (χ2n) is 8.43. The lowest BCUT2D eigenvalue weighted by Crippen LogP contribution is -2.50. The molecule has 0 aromatic heterocycles. The minimum Gasteiger partial charge on any atom is -0.315 e. The Bertz CT molecular complexity index is 775. The molecule has 0 unspecified atom stereocenters. The average molecular weight is 380 g/mol. The number of carbonyl (C=O) groups is 1. The Morgan fingerprint density at radius 2 is 1.54 bits per heavy atom. The Balaban J connectivity index is 1.91. The standard InChI is InChI=1S/C24H33N3O/c1-17(2)20-12-9-13-21(18(3)4)23(20)25-24(28)27-15-14-26(5)16-22(27)19-10-7-6-8-11-19/h6-13,17-18,22H,14-16H2,1-5H3,(H,25,28)/t22-/m1/s1. The zero-order chi connectivity index (χ0) is 20.3. The molecule has 4 heteroatoms. The van der Waals surface area contributed by atoms with Crippen molar-refractivity contribution in [2.24, 2.45) is 0 Å². The Kier molecular flexibility index (Phi) is 6.40. The summed E-state index contributed by atoms with van der Waals surface area (Å²) in [5, 5.41) is 3.29. The third-order valence-electron chi connectivity index (χ3n) is 5.63. The van der Waals surface area contributed by atoms with Crippen molar-refractivity contribution in [3.05, 3.63) is 65.2 Å². The summed E-state index contributed by atoms with van der Waals surface area (Å²) < 4.78 is 0. The lowest BCUT2D eigenvalue weighted by molar-refractivity contribution is 0.116. The Morgan fingerprint density at radius 3 is 2.11 bits per heavy atom. The number of urea groups is 1. The first-order valence-electron chi connectivity index (χ1n) is 10.3. The molecule has 0 aliphatic carbocycles. The second kappa shape index (κ2) is 8.78. The number of piperazine rings is 1. The summed E-state index contributed by atoms with van der Waals surface area (Å²) in [5.41, 5.74) is 4.57. The summed E-state index contributed by atoms with van der Waals surface area (Å²) in [6, 6.07) is 16.8. The molecule has 1 saturated heterocycles. The predicted octanol–water partition coefficient (Wildman–Crippen LogP) is 5.45. The summed E-state index contributed by atoms with van der Waals surface area (Å²) in [6.07, 6.45) is 0. The van der Waals surface area contributed by atoms with Gasteiger partial charge in [0.15, 0.2) is 0 Å². The van der Waals surface area contributed by atoms with E-state index in [1.165, 1.54) is 16.7 Å². The van der Waals surface area contributed by atoms with Gasteiger partial charge in [0.2, 0.25) is 0 Å². The van der Waals surface area contributed by atoms with E-state index in [0.717, 1.165) is 25.3 Å². The van der Waals surface area contributed by atoms with E-state index in [1.54, 1.807) is 0 Å². The number of amides is 2. The fraction of sp³-hybridized carbons (Fsp3) is 0.458. The molecule has 0 saturated carbocycles. The number of hydrogen-bond acceptors (Lipinski definition) is 2. The van der Waals surface area contributed by atoms with Crippen LogP contribution in [0.1, 0.15) is 62.3 Å². The monoisotopic (exact) mass is 379 g/mol. The van der Waals surface area contributed by atoms with Gasteiger partial charge in [-0.1, -0.05) is 76.2 Å². The van der Waals surface area contributed by atoms with Crippen LogP contribution in [-0.4, -0.2) is 42.5 Å². The van der Waals surface area contributed by atoms with Crippen LogP contribution >= 0.6 is 0 Å². The van der Waals surface area contributed by atoms with E-state index in [1.807, 2.05) is 23.1 Å². The van der Waals surface area contributed by atoms with E-state index in [0.29, 0.717) is 11.8 Å². The van der Waals surface area contributed by atoms with E-state index in [9.17, 15) is 4.79 Å². The molecular weight excluding hydrogens is 346 g/mol. The number of anilines is 1. The Hall–Kier alpha value is -2.33. The van der Waals surface area contributed by atoms with Gasteiger partial charge >= 0.3 is 6.03 Å². The first-order chi connectivity index (χ1) is 13.4. The molecule has 28 heavy (non-hydrogen) atoms. The van der Waals surface area contributed by atoms with Crippen LogP contribution in [0.3, 0.4) is 0 Å². The topological polar surface area (TPSA) is 35.6 Å². The van der Waals surface area contributed by atoms with Crippen molar-refractivity contribution in [1.29, 1.82) is 0 Å². The van der Waals surface area contributed by atoms with Crippen molar-refractivity contribution in [2.75, 3.05) is 32.0 Å². The highest BCUT2D eigenvalue weighted by atomic mass is 16.2. The molecular formula is C24H33N3O. The van der Waals surface area contributed by atoms with Crippen LogP contribution in [0.5, 0.6) is 0 Å². The normalized spacial score (nSPS) is 18.0. The van der Waals surface area contributed by atoms with Crippen LogP contribution in [0, 0.1) is 0 Å². The molecule has 1 aliphatic heterocycles. The van der Waals surface area contributed by atoms with Gasteiger partial charge in [0, 0.05) is 25.3 Å². The molecule has 2 aromatic rings. The zero-order valence-electron chi connectivity index (χ0n) is 17.8. The van der Waals surface area contributed by atoms with Gasteiger partial charge in [0.05, 0.1) is 6.04 Å². The number of nitrogens with zero attached hydrogens (tertiary/aromatic N) is 2. The highest BCUT2D eigenvalue weighted by molar-refractivity contribution is 5.92. The molecule has 1 N–H and O–H groups in total. The highest BCUT2D eigenvalue weighted by Gasteiger charge is 2.31. The minimum absolute atomic E-state index is 0.00282. The van der Waals surface area contributed by atoms with Gasteiger partial charge in [-0.2, -0.15) is 0 Å². The number of carbonyl (C=O) groups excluding carboxylic acids is 1. The SMILES string of the molecule is CC(C)c1cccc(C(C)C)c1NC(=O)N1CCN(C)C[C@@H]1c1ccccc1. The maximum absolute atomic E-state index is 13.4. The van der Waals surface area contributed by atoms with Crippen molar-refractivity contribution in [1.82, 2.24) is 9.80 Å². The molecule has 1 fully saturated rings. The number of likely N-dealkylation sites (N-methyl/N-ethyl adjacent to an activating group) is 1. The number of rotatable bonds is 4. The molecule has 1 heterocycles. The summed E-state index contributed by atoms with van der Waals surface area (Å²) in [4.78, 5) is 17.7. The van der Waals surface area contributed by atoms with Gasteiger partial charge < -0.3 is 15.1 Å². The van der Waals surface area contributed by atoms with Gasteiger partial charge in [-0.25, -0.2) is 4.79 Å². The molecule has 0 spiro atoms. The highest BCUT2D eigenvalue weighted by Crippen LogP contribution is 2.33. The largest absolute Gasteiger partial charge is 0.322 e. The van der Waals surface area contributed by atoms with E-state index in [-0.39, 0.29) is 12.1 Å². The van der Waals surface area contributed by atoms with E-state index < -0.39 is 0 Å². The smallest absolute Gasteiger partial charge is 0.315 e. The molecule has 1 atom stereocenters. The summed E-state index contributed by atoms with van der Waals surface area (Å²) in [6.45, 7) is 11.2. The predicted molar refractivity (Wildman–Crippen MR) is 117 cm³/mol. The molecule has 150 valence electrons. The van der Waals surface area contributed by atoms with Crippen LogP contribution in [0.15, 0.2) is 48.5 Å². The van der Waals surface area contributed by atoms with E-state index in [4.69, 9.17) is 0 Å². The van der Waals surface area contributed by atoms with E-state index in [2.05, 4.69) is 75.3 Å². The fourth-order valence-corrected chi connectivity index (χ4v) is 4.00. The van der Waals surface area contributed by atoms with Gasteiger partial charge in [-0.15, -0.1) is 0 Å². The summed E-state index contributed by atoms with van der Waals surface area (Å²) in [5.74, 6) is 0.706. The minimum atomic E-state index is -0.00282. The zero-order valence-corrected chi connectivity index (χ0v) is 17.8. The molecule has 2 aromatic carbocycles. The second-order valence-corrected chi connectivity index (χ2v) is 8.43. The first kappa shape index (κ1) is 20.4. The van der Waals surface area contributed by atoms with Gasteiger partial charge in [0.1, 0.15) is 0 Å². The average Bonchev–Trinajstić information content (AvgIpc) is 2.68. The van der Waals surface area contributed by atoms with Crippen LogP contribution in [0.4, 0.5) is 10.5 Å². The number of para-hydroxylation sites is 1. The lowest BCUT2D eigenvalue weighted by Gasteiger charge is -2.40. The number of benzene rings is 2. The fourth-order valence-electron chi connectivity index (χ4n) is 4.00. The van der Waals surface area contributed by atoms with Crippen molar-refractivity contribution < 1.29 is 4.79 Å². The van der Waals surface area contributed by atoms with Crippen molar-refractivity contribution in [2.45, 2.75) is 45.6 Å². The maximum atomic E-state index is 13.4.